The van der Waals surface area contributed by atoms with Gasteiger partial charge in [0, 0.05) is 29.9 Å². The molecule has 0 bridgehead atoms. The molecule has 0 saturated heterocycles. The Labute approximate surface area is 219 Å². The van der Waals surface area contributed by atoms with Crippen LogP contribution in [0.3, 0.4) is 0 Å². The maximum Gasteiger partial charge on any atom is 0.326 e. The number of carboxylic acid groups (broad SMARTS) is 2. The molecule has 9 N–H and O–H groups in total. The summed E-state index contributed by atoms with van der Waals surface area (Å²) in [6.45, 7) is 2.75. The molecule has 1 aromatic carbocycles. The second kappa shape index (κ2) is 14.1. The van der Waals surface area contributed by atoms with Gasteiger partial charge in [-0.2, -0.15) is 0 Å². The van der Waals surface area contributed by atoms with Crippen molar-refractivity contribution < 1.29 is 39.3 Å². The summed E-state index contributed by atoms with van der Waals surface area (Å²) in [5, 5.41) is 36.0. The van der Waals surface area contributed by atoms with Gasteiger partial charge in [-0.3, -0.25) is 19.2 Å². The number of hydrogen-bond donors (Lipinski definition) is 8. The third kappa shape index (κ3) is 8.85. The molecular formula is C25H35N5O8. The van der Waals surface area contributed by atoms with Crippen molar-refractivity contribution in [2.75, 3.05) is 6.61 Å². The number of nitrogens with two attached hydrogens (primary N) is 1. The Morgan fingerprint density at radius 3 is 2.13 bits per heavy atom. The number of fused-ring (bicyclic) bond motifs is 1. The number of amides is 3. The summed E-state index contributed by atoms with van der Waals surface area (Å²) in [6.07, 6.45) is 1.29. The highest BCUT2D eigenvalue weighted by molar-refractivity contribution is 5.95. The molecule has 2 rings (SSSR count). The average molecular weight is 534 g/mol. The molecule has 3 amide bonds. The minimum absolute atomic E-state index is 0.0158. The Kier molecular flexibility index (Phi) is 11.2. The lowest BCUT2D eigenvalue weighted by Gasteiger charge is -2.24. The number of hydrogen-bond acceptors (Lipinski definition) is 7. The van der Waals surface area contributed by atoms with Crippen LogP contribution in [-0.2, 0) is 30.4 Å². The molecule has 0 fully saturated rings. The summed E-state index contributed by atoms with van der Waals surface area (Å²) in [5.41, 5.74) is 7.27. The number of benzene rings is 1. The Balaban J connectivity index is 2.22. The van der Waals surface area contributed by atoms with E-state index in [9.17, 15) is 34.2 Å². The lowest BCUT2D eigenvalue weighted by molar-refractivity contribution is -0.143. The fraction of sp³-hybridized carbons (Fsp3) is 0.480. The second-order valence-electron chi connectivity index (χ2n) is 9.44. The first kappa shape index (κ1) is 30.3. The number of H-pyrrole nitrogens is 1. The number of carboxylic acids is 2. The van der Waals surface area contributed by atoms with Crippen molar-refractivity contribution in [1.82, 2.24) is 20.9 Å². The lowest BCUT2D eigenvalue weighted by Crippen LogP contribution is -2.58. The van der Waals surface area contributed by atoms with E-state index in [2.05, 4.69) is 20.9 Å². The first-order valence-electron chi connectivity index (χ1n) is 12.2. The van der Waals surface area contributed by atoms with Crippen LogP contribution < -0.4 is 21.7 Å². The molecule has 208 valence electrons. The summed E-state index contributed by atoms with van der Waals surface area (Å²) in [4.78, 5) is 64.0. The Morgan fingerprint density at radius 1 is 0.921 bits per heavy atom. The van der Waals surface area contributed by atoms with E-state index in [0.29, 0.717) is 5.56 Å². The van der Waals surface area contributed by atoms with Crippen LogP contribution in [0.15, 0.2) is 30.5 Å². The van der Waals surface area contributed by atoms with E-state index in [1.807, 2.05) is 18.2 Å². The molecule has 4 atom stereocenters. The molecule has 0 radical (unpaired) electrons. The highest BCUT2D eigenvalue weighted by Crippen LogP contribution is 2.19. The smallest absolute Gasteiger partial charge is 0.326 e. The van der Waals surface area contributed by atoms with Gasteiger partial charge in [-0.05, 0) is 30.4 Å². The molecule has 13 heteroatoms. The molecule has 1 heterocycles. The number of carbonyl (C=O) groups excluding carboxylic acids is 3. The van der Waals surface area contributed by atoms with Crippen molar-refractivity contribution in [3.8, 4) is 0 Å². The van der Waals surface area contributed by atoms with Gasteiger partial charge in [-0.1, -0.05) is 32.0 Å². The largest absolute Gasteiger partial charge is 0.481 e. The van der Waals surface area contributed by atoms with E-state index >= 15 is 0 Å². The van der Waals surface area contributed by atoms with Crippen LogP contribution in [0.5, 0.6) is 0 Å². The van der Waals surface area contributed by atoms with E-state index in [1.54, 1.807) is 26.1 Å². The topological polar surface area (TPSA) is 224 Å². The van der Waals surface area contributed by atoms with Crippen molar-refractivity contribution in [2.45, 2.75) is 63.7 Å². The zero-order valence-corrected chi connectivity index (χ0v) is 21.3. The van der Waals surface area contributed by atoms with Crippen LogP contribution in [0.4, 0.5) is 0 Å². The standard InChI is InChI=1S/C25H35N5O8/c1-13(2)9-19(25(37)38)29-24(36)20(12-31)30-23(35)18(28-22(34)16(26)7-8-21(32)33)10-14-11-27-17-6-4-3-5-15(14)17/h3-6,11,13,16,18-20,27,31H,7-10,12,26H2,1-2H3,(H,28,34)(H,29,36)(H,30,35)(H,32,33)(H,37,38). The minimum atomic E-state index is -1.49. The van der Waals surface area contributed by atoms with E-state index < -0.39 is 60.4 Å². The first-order valence-corrected chi connectivity index (χ1v) is 12.2. The lowest BCUT2D eigenvalue weighted by atomic mass is 10.0. The first-order chi connectivity index (χ1) is 17.9. The number of aromatic nitrogens is 1. The van der Waals surface area contributed by atoms with Crippen LogP contribution >= 0.6 is 0 Å². The van der Waals surface area contributed by atoms with Crippen LogP contribution in [0.1, 0.15) is 38.7 Å². The van der Waals surface area contributed by atoms with E-state index in [1.165, 1.54) is 0 Å². The van der Waals surface area contributed by atoms with Crippen molar-refractivity contribution in [3.63, 3.8) is 0 Å². The van der Waals surface area contributed by atoms with E-state index in [4.69, 9.17) is 10.8 Å². The molecule has 4 unspecified atom stereocenters. The van der Waals surface area contributed by atoms with Crippen molar-refractivity contribution in [1.29, 1.82) is 0 Å². The van der Waals surface area contributed by atoms with Gasteiger partial charge in [0.05, 0.1) is 12.6 Å². The average Bonchev–Trinajstić information content (AvgIpc) is 3.27. The van der Waals surface area contributed by atoms with Crippen molar-refractivity contribution in [3.05, 3.63) is 36.0 Å². The fourth-order valence-electron chi connectivity index (χ4n) is 3.85. The summed E-state index contributed by atoms with van der Waals surface area (Å²) in [7, 11) is 0. The highest BCUT2D eigenvalue weighted by atomic mass is 16.4. The van der Waals surface area contributed by atoms with Gasteiger partial charge in [0.15, 0.2) is 0 Å². The fourth-order valence-corrected chi connectivity index (χ4v) is 3.85. The van der Waals surface area contributed by atoms with Gasteiger partial charge >= 0.3 is 11.9 Å². The maximum atomic E-state index is 13.2. The molecule has 38 heavy (non-hydrogen) atoms. The third-order valence-corrected chi connectivity index (χ3v) is 5.88. The quantitative estimate of drug-likeness (QED) is 0.147. The number of rotatable bonds is 15. The zero-order chi connectivity index (χ0) is 28.4. The van der Waals surface area contributed by atoms with E-state index in [-0.39, 0.29) is 31.6 Å². The highest BCUT2D eigenvalue weighted by Gasteiger charge is 2.31. The minimum Gasteiger partial charge on any atom is -0.481 e. The van der Waals surface area contributed by atoms with Gasteiger partial charge in [-0.25, -0.2) is 4.79 Å². The number of aliphatic hydroxyl groups is 1. The summed E-state index contributed by atoms with van der Waals surface area (Å²) < 4.78 is 0. The van der Waals surface area contributed by atoms with E-state index in [0.717, 1.165) is 10.9 Å². The Bertz CT molecular complexity index is 1150. The molecule has 0 aliphatic heterocycles. The molecule has 0 aliphatic carbocycles. The molecular weight excluding hydrogens is 498 g/mol. The van der Waals surface area contributed by atoms with Crippen LogP contribution in [0.2, 0.25) is 0 Å². The summed E-state index contributed by atoms with van der Waals surface area (Å²) >= 11 is 0. The van der Waals surface area contributed by atoms with Gasteiger partial charge in [0.1, 0.15) is 18.1 Å². The van der Waals surface area contributed by atoms with Gasteiger partial charge in [-0.15, -0.1) is 0 Å². The van der Waals surface area contributed by atoms with Gasteiger partial charge in [0.2, 0.25) is 17.7 Å². The van der Waals surface area contributed by atoms with Crippen molar-refractivity contribution >= 4 is 40.6 Å². The summed E-state index contributed by atoms with van der Waals surface area (Å²) in [5.74, 6) is -4.91. The molecule has 2 aromatic rings. The SMILES string of the molecule is CC(C)CC(NC(=O)C(CO)NC(=O)C(Cc1c[nH]c2ccccc12)NC(=O)C(N)CCC(=O)O)C(=O)O. The third-order valence-electron chi connectivity index (χ3n) is 5.88. The maximum absolute atomic E-state index is 13.2. The van der Waals surface area contributed by atoms with Gasteiger partial charge < -0.3 is 42.0 Å². The van der Waals surface area contributed by atoms with Crippen LogP contribution in [0.25, 0.3) is 10.9 Å². The predicted molar refractivity (Wildman–Crippen MR) is 137 cm³/mol. The number of aliphatic carboxylic acids is 2. The van der Waals surface area contributed by atoms with Crippen LogP contribution in [-0.4, -0.2) is 80.7 Å². The Morgan fingerprint density at radius 2 is 1.53 bits per heavy atom. The number of aromatic amines is 1. The van der Waals surface area contributed by atoms with Gasteiger partial charge in [0.25, 0.3) is 0 Å². The normalized spacial score (nSPS) is 14.3. The molecule has 13 nitrogen and oxygen atoms in total. The number of aliphatic hydroxyl groups excluding tert-OH is 1. The molecule has 0 spiro atoms. The molecule has 0 aliphatic rings. The number of para-hydroxylation sites is 1. The number of carbonyl (C=O) groups is 5. The monoisotopic (exact) mass is 533 g/mol. The summed E-state index contributed by atoms with van der Waals surface area (Å²) in [6, 6.07) is 2.13. The molecule has 1 aromatic heterocycles. The zero-order valence-electron chi connectivity index (χ0n) is 21.3. The van der Waals surface area contributed by atoms with Crippen LogP contribution in [0, 0.1) is 5.92 Å². The second-order valence-corrected chi connectivity index (χ2v) is 9.44. The number of nitrogens with one attached hydrogen (secondary N) is 4. The Hall–Kier alpha value is -3.97. The predicted octanol–water partition coefficient (Wildman–Crippen LogP) is -0.520. The van der Waals surface area contributed by atoms with Crippen molar-refractivity contribution in [2.24, 2.45) is 11.7 Å². The molecule has 0 saturated carbocycles.